The van der Waals surface area contributed by atoms with E-state index >= 15 is 0 Å². The van der Waals surface area contributed by atoms with Gasteiger partial charge < -0.3 is 29.5 Å². The van der Waals surface area contributed by atoms with E-state index in [1.165, 1.54) is 19.8 Å². The number of piperidine rings is 3. The van der Waals surface area contributed by atoms with Crippen molar-refractivity contribution in [2.75, 3.05) is 80.8 Å². The van der Waals surface area contributed by atoms with Crippen molar-refractivity contribution in [3.8, 4) is 11.8 Å². The van der Waals surface area contributed by atoms with Crippen molar-refractivity contribution in [1.82, 2.24) is 38.9 Å². The smallest absolute Gasteiger partial charge is 0.329 e. The van der Waals surface area contributed by atoms with Gasteiger partial charge in [-0.05, 0) is 56.2 Å². The number of anilines is 3. The average molecular weight is 872 g/mol. The third-order valence-electron chi connectivity index (χ3n) is 12.2. The first-order valence-corrected chi connectivity index (χ1v) is 21.8. The van der Waals surface area contributed by atoms with Crippen LogP contribution in [0.5, 0.6) is 0 Å². The molecular formula is C42H47F2N11O6S. The Balaban J connectivity index is 0.748. The van der Waals surface area contributed by atoms with Crippen molar-refractivity contribution in [3.63, 3.8) is 0 Å². The fraction of sp³-hybridized carbons (Fsp3) is 0.500. The number of ether oxygens (including phenoxy) is 2. The van der Waals surface area contributed by atoms with E-state index in [1.807, 2.05) is 17.0 Å². The van der Waals surface area contributed by atoms with Crippen LogP contribution in [0.3, 0.4) is 0 Å². The normalized spacial score (nSPS) is 19.6. The summed E-state index contributed by atoms with van der Waals surface area (Å²) in [6, 6.07) is 6.50. The minimum Gasteiger partial charge on any atom is -0.378 e. The van der Waals surface area contributed by atoms with Gasteiger partial charge in [-0.25, -0.2) is 28.1 Å². The number of imidazole rings is 1. The molecule has 1 unspecified atom stereocenters. The lowest BCUT2D eigenvalue weighted by Crippen LogP contribution is -2.44. The zero-order chi connectivity index (χ0) is 42.9. The fourth-order valence-corrected chi connectivity index (χ4v) is 9.86. The van der Waals surface area contributed by atoms with Gasteiger partial charge in [0.25, 0.3) is 12.3 Å². The summed E-state index contributed by atoms with van der Waals surface area (Å²) in [4.78, 5) is 66.5. The van der Waals surface area contributed by atoms with Crippen molar-refractivity contribution in [1.29, 1.82) is 0 Å². The third-order valence-corrected chi connectivity index (χ3v) is 13.2. The van der Waals surface area contributed by atoms with E-state index in [2.05, 4.69) is 47.3 Å². The molecule has 0 spiro atoms. The number of halogens is 2. The van der Waals surface area contributed by atoms with Gasteiger partial charge in [0.1, 0.15) is 34.7 Å². The summed E-state index contributed by atoms with van der Waals surface area (Å²) in [5.41, 5.74) is 1.61. The molecule has 20 heteroatoms. The molecule has 1 aromatic carbocycles. The molecule has 62 heavy (non-hydrogen) atoms. The monoisotopic (exact) mass is 871 g/mol. The molecule has 4 aliphatic rings. The first kappa shape index (κ1) is 41.6. The van der Waals surface area contributed by atoms with E-state index in [1.54, 1.807) is 25.4 Å². The van der Waals surface area contributed by atoms with Gasteiger partial charge in [-0.3, -0.25) is 28.8 Å². The Morgan fingerprint density at radius 3 is 2.56 bits per heavy atom. The third kappa shape index (κ3) is 8.54. The van der Waals surface area contributed by atoms with E-state index in [9.17, 15) is 28.0 Å². The number of fused-ring (bicyclic) bond motifs is 2. The second-order valence-electron chi connectivity index (χ2n) is 16.1. The van der Waals surface area contributed by atoms with Crippen molar-refractivity contribution in [2.24, 2.45) is 13.0 Å². The summed E-state index contributed by atoms with van der Waals surface area (Å²) >= 11 is 1.06. The van der Waals surface area contributed by atoms with E-state index in [0.717, 1.165) is 56.7 Å². The number of rotatable bonds is 10. The molecular weight excluding hydrogens is 825 g/mol. The molecule has 0 saturated carbocycles. The van der Waals surface area contributed by atoms with Gasteiger partial charge in [-0.2, -0.15) is 5.10 Å². The molecule has 9 rings (SSSR count). The molecule has 4 aliphatic heterocycles. The molecule has 0 aliphatic carbocycles. The molecule has 8 heterocycles. The van der Waals surface area contributed by atoms with Gasteiger partial charge in [0, 0.05) is 65.5 Å². The molecule has 3 amide bonds. The molecule has 0 bridgehead atoms. The summed E-state index contributed by atoms with van der Waals surface area (Å²) in [6.07, 6.45) is 4.32. The lowest BCUT2D eigenvalue weighted by molar-refractivity contribution is -0.135. The number of hydrogen-bond donors (Lipinski definition) is 2. The van der Waals surface area contributed by atoms with Crippen LogP contribution in [0.25, 0.3) is 16.7 Å². The van der Waals surface area contributed by atoms with Crippen LogP contribution < -0.4 is 26.1 Å². The lowest BCUT2D eigenvalue weighted by atomic mass is 9.95. The first-order chi connectivity index (χ1) is 30.1. The quantitative estimate of drug-likeness (QED) is 0.155. The van der Waals surface area contributed by atoms with Crippen LogP contribution in [0.2, 0.25) is 0 Å². The highest BCUT2D eigenvalue weighted by atomic mass is 32.1. The van der Waals surface area contributed by atoms with Crippen LogP contribution >= 0.6 is 11.3 Å². The highest BCUT2D eigenvalue weighted by Gasteiger charge is 2.32. The SMILES string of the molecule is Cn1c(=O)n(C2CCC(=O)NC2=O)c2cccc(C#CCOC3CCN(CC4CCN(c5nc(C(F)F)c(NC(=O)c6cnn7ccc(N8CCOCC8)nc67)s5)CC4)CC3)c21. The van der Waals surface area contributed by atoms with Crippen LogP contribution in [0, 0.1) is 17.8 Å². The molecule has 5 aromatic rings. The number of amides is 3. The summed E-state index contributed by atoms with van der Waals surface area (Å²) in [7, 11) is 1.66. The number of morpholine rings is 1. The van der Waals surface area contributed by atoms with Crippen LogP contribution in [0.1, 0.15) is 72.6 Å². The van der Waals surface area contributed by atoms with Gasteiger partial charge in [0.05, 0.1) is 42.1 Å². The largest absolute Gasteiger partial charge is 0.378 e. The number of nitrogens with one attached hydrogen (secondary N) is 2. The highest BCUT2D eigenvalue weighted by molar-refractivity contribution is 7.19. The highest BCUT2D eigenvalue weighted by Crippen LogP contribution is 2.38. The van der Waals surface area contributed by atoms with E-state index in [-0.39, 0.29) is 47.7 Å². The molecule has 4 aromatic heterocycles. The number of nitrogens with zero attached hydrogens (tertiary/aromatic N) is 9. The van der Waals surface area contributed by atoms with Crippen molar-refractivity contribution in [2.45, 2.75) is 57.1 Å². The zero-order valence-electron chi connectivity index (χ0n) is 34.2. The fourth-order valence-electron chi connectivity index (χ4n) is 8.84. The number of benzene rings is 1. The van der Waals surface area contributed by atoms with Gasteiger partial charge in [-0.15, -0.1) is 0 Å². The molecule has 2 N–H and O–H groups in total. The first-order valence-electron chi connectivity index (χ1n) is 21.0. The van der Waals surface area contributed by atoms with Crippen LogP contribution in [0.15, 0.2) is 41.5 Å². The van der Waals surface area contributed by atoms with Gasteiger partial charge in [-0.1, -0.05) is 29.2 Å². The predicted octanol–water partition coefficient (Wildman–Crippen LogP) is 3.59. The molecule has 0 radical (unpaired) electrons. The van der Waals surface area contributed by atoms with Gasteiger partial charge in [0.2, 0.25) is 11.8 Å². The topological polar surface area (TPSA) is 173 Å². The Morgan fingerprint density at radius 1 is 1.02 bits per heavy atom. The average Bonchev–Trinajstić information content (AvgIpc) is 3.98. The Bertz CT molecular complexity index is 2610. The van der Waals surface area contributed by atoms with Crippen molar-refractivity contribution in [3.05, 3.63) is 64.0 Å². The van der Waals surface area contributed by atoms with Crippen molar-refractivity contribution < 1.29 is 32.6 Å². The number of thiazole rings is 1. The Hall–Kier alpha value is -5.75. The maximum absolute atomic E-state index is 14.3. The standard InChI is InChI=1S/C42H47F2N11O6S/c1-50-35-27(4-2-6-30(35)55(42(50)59)31-7-8-33(56)47-39(31)58)5-3-21-61-28-11-14-51(15-12-28)25-26-9-16-53(17-10-26)41-48-34(36(43)44)40(62-41)49-38(57)29-24-45-54-18-13-32(46-37(29)54)52-19-22-60-23-20-52/h2,4,6,13,18,24,26,28,31,36H,7-12,14-17,19-23,25H2,1H3,(H,49,57)(H,47,56,58). The number of aryl methyl sites for hydroxylation is 1. The number of alkyl halides is 2. The second-order valence-corrected chi connectivity index (χ2v) is 17.0. The zero-order valence-corrected chi connectivity index (χ0v) is 35.0. The predicted molar refractivity (Wildman–Crippen MR) is 227 cm³/mol. The van der Waals surface area contributed by atoms with Gasteiger partial charge >= 0.3 is 5.69 Å². The van der Waals surface area contributed by atoms with E-state index in [0.29, 0.717) is 78.5 Å². The van der Waals surface area contributed by atoms with Crippen LogP contribution in [-0.4, -0.2) is 123 Å². The minimum absolute atomic E-state index is 0.0212. The lowest BCUT2D eigenvalue weighted by Gasteiger charge is -2.37. The Kier molecular flexibility index (Phi) is 12.0. The Labute approximate surface area is 359 Å². The summed E-state index contributed by atoms with van der Waals surface area (Å²) in [5, 5.41) is 9.76. The summed E-state index contributed by atoms with van der Waals surface area (Å²) in [5.74, 6) is 6.03. The maximum atomic E-state index is 14.3. The maximum Gasteiger partial charge on any atom is 0.329 e. The minimum atomic E-state index is -2.86. The Morgan fingerprint density at radius 2 is 1.81 bits per heavy atom. The summed E-state index contributed by atoms with van der Waals surface area (Å²) in [6.45, 7) is 6.86. The van der Waals surface area contributed by atoms with E-state index < -0.39 is 30.0 Å². The van der Waals surface area contributed by atoms with Gasteiger partial charge in [0.15, 0.2) is 10.8 Å². The molecule has 1 atom stereocenters. The second kappa shape index (κ2) is 17.9. The number of hydrogen-bond acceptors (Lipinski definition) is 13. The molecule has 4 fully saturated rings. The number of likely N-dealkylation sites (tertiary alicyclic amines) is 1. The van der Waals surface area contributed by atoms with Crippen LogP contribution in [-0.2, 0) is 26.1 Å². The molecule has 17 nitrogen and oxygen atoms in total. The number of carbonyl (C=O) groups excluding carboxylic acids is 3. The number of aromatic nitrogens is 6. The summed E-state index contributed by atoms with van der Waals surface area (Å²) < 4.78 is 44.5. The molecule has 4 saturated heterocycles. The number of para-hydroxylation sites is 1. The molecule has 326 valence electrons. The number of imide groups is 1. The van der Waals surface area contributed by atoms with Crippen molar-refractivity contribution >= 4 is 61.7 Å². The van der Waals surface area contributed by atoms with Crippen LogP contribution in [0.4, 0.5) is 24.7 Å². The number of carbonyl (C=O) groups is 3. The van der Waals surface area contributed by atoms with E-state index in [4.69, 9.17) is 9.47 Å².